The number of rotatable bonds is 11. The lowest BCUT2D eigenvalue weighted by molar-refractivity contribution is -0.384. The molecule has 0 saturated carbocycles. The van der Waals surface area contributed by atoms with Crippen LogP contribution in [0.4, 0.5) is 11.5 Å². The first-order valence-corrected chi connectivity index (χ1v) is 10.2. The van der Waals surface area contributed by atoms with Gasteiger partial charge in [0.2, 0.25) is 5.91 Å². The van der Waals surface area contributed by atoms with Crippen LogP contribution in [0.15, 0.2) is 53.3 Å². The van der Waals surface area contributed by atoms with Crippen LogP contribution in [0.3, 0.4) is 0 Å². The molecular weight excluding hydrogens is 414 g/mol. The van der Waals surface area contributed by atoms with Gasteiger partial charge in [-0.15, -0.1) is 0 Å². The lowest BCUT2D eigenvalue weighted by atomic mass is 10.0. The quantitative estimate of drug-likeness (QED) is 0.181. The van der Waals surface area contributed by atoms with E-state index in [1.54, 1.807) is 12.1 Å². The second kappa shape index (κ2) is 10.8. The van der Waals surface area contributed by atoms with E-state index in [4.69, 9.17) is 0 Å². The zero-order valence-corrected chi connectivity index (χ0v) is 17.3. The number of carbonyl (C=O) groups is 2. The van der Waals surface area contributed by atoms with Gasteiger partial charge in [-0.2, -0.15) is 5.10 Å². The van der Waals surface area contributed by atoms with Crippen LogP contribution in [-0.2, 0) is 4.79 Å². The average molecular weight is 437 g/mol. The minimum absolute atomic E-state index is 0.132. The number of amides is 1. The number of Topliss-reactive ketones (excluding diaryl/α,β-unsaturated/α-hetero) is 1. The third-order valence-corrected chi connectivity index (χ3v) is 4.85. The number of nitrogens with zero attached hydrogens (tertiary/aromatic N) is 2. The van der Waals surface area contributed by atoms with Crippen molar-refractivity contribution in [1.29, 1.82) is 0 Å². The van der Waals surface area contributed by atoms with Gasteiger partial charge in [-0.25, -0.2) is 5.10 Å². The summed E-state index contributed by atoms with van der Waals surface area (Å²) in [4.78, 5) is 46.2. The standard InChI is InChI=1S/C22H23N5O5/c28-19(15-6-3-7-16(14-15)27(31)32)10-4-11-20(29)23-12-5-13-24-21-17-8-1-2-9-18(17)22(30)26-25-21/h1-3,6-9,14H,4-5,10-13H2,(H,23,29)(H,24,25)(H,26,30). The number of nitro groups is 1. The van der Waals surface area contributed by atoms with Crippen LogP contribution in [0.2, 0.25) is 0 Å². The van der Waals surface area contributed by atoms with Gasteiger partial charge in [0.05, 0.1) is 10.3 Å². The number of ketones is 1. The van der Waals surface area contributed by atoms with Gasteiger partial charge in [0, 0.05) is 49.0 Å². The lowest BCUT2D eigenvalue weighted by Crippen LogP contribution is -2.25. The molecule has 1 heterocycles. The van der Waals surface area contributed by atoms with Gasteiger partial charge in [0.1, 0.15) is 0 Å². The van der Waals surface area contributed by atoms with E-state index < -0.39 is 4.92 Å². The van der Waals surface area contributed by atoms with Crippen LogP contribution in [0.25, 0.3) is 10.8 Å². The van der Waals surface area contributed by atoms with E-state index in [1.165, 1.54) is 24.3 Å². The van der Waals surface area contributed by atoms with Crippen molar-refractivity contribution in [2.45, 2.75) is 25.7 Å². The van der Waals surface area contributed by atoms with E-state index in [2.05, 4.69) is 20.8 Å². The smallest absolute Gasteiger partial charge is 0.272 e. The Kier molecular flexibility index (Phi) is 7.63. The third kappa shape index (κ3) is 5.97. The zero-order chi connectivity index (χ0) is 22.9. The number of anilines is 1. The Labute approximate surface area is 183 Å². The molecule has 10 heteroatoms. The summed E-state index contributed by atoms with van der Waals surface area (Å²) in [6.07, 6.45) is 1.34. The summed E-state index contributed by atoms with van der Waals surface area (Å²) in [5.41, 5.74) is -0.108. The number of hydrogen-bond donors (Lipinski definition) is 3. The average Bonchev–Trinajstić information content (AvgIpc) is 2.80. The molecule has 0 unspecified atom stereocenters. The van der Waals surface area contributed by atoms with Gasteiger partial charge in [0.15, 0.2) is 11.6 Å². The number of hydrogen-bond acceptors (Lipinski definition) is 7. The second-order valence-electron chi connectivity index (χ2n) is 7.16. The summed E-state index contributed by atoms with van der Waals surface area (Å²) in [5.74, 6) is 0.182. The fourth-order valence-electron chi connectivity index (χ4n) is 3.21. The van der Waals surface area contributed by atoms with Crippen LogP contribution in [0.1, 0.15) is 36.0 Å². The summed E-state index contributed by atoms with van der Waals surface area (Å²) in [5, 5.41) is 24.5. The molecule has 1 aromatic heterocycles. The van der Waals surface area contributed by atoms with Crippen molar-refractivity contribution in [3.8, 4) is 0 Å². The first kappa shape index (κ1) is 22.6. The molecule has 0 aliphatic carbocycles. The minimum Gasteiger partial charge on any atom is -0.368 e. The van der Waals surface area contributed by atoms with Crippen molar-refractivity contribution in [1.82, 2.24) is 15.5 Å². The highest BCUT2D eigenvalue weighted by atomic mass is 16.6. The van der Waals surface area contributed by atoms with Gasteiger partial charge in [-0.05, 0) is 18.9 Å². The summed E-state index contributed by atoms with van der Waals surface area (Å²) in [7, 11) is 0. The van der Waals surface area contributed by atoms with Gasteiger partial charge >= 0.3 is 0 Å². The number of carbonyl (C=O) groups excluding carboxylic acids is 2. The highest BCUT2D eigenvalue weighted by Gasteiger charge is 2.12. The first-order valence-electron chi connectivity index (χ1n) is 10.2. The highest BCUT2D eigenvalue weighted by molar-refractivity contribution is 5.96. The maximum absolute atomic E-state index is 12.2. The summed E-state index contributed by atoms with van der Waals surface area (Å²) in [6.45, 7) is 1.00. The number of aromatic nitrogens is 2. The molecule has 1 amide bonds. The van der Waals surface area contributed by atoms with Crippen molar-refractivity contribution in [3.63, 3.8) is 0 Å². The largest absolute Gasteiger partial charge is 0.368 e. The molecule has 3 rings (SSSR count). The number of nitrogens with one attached hydrogen (secondary N) is 3. The SMILES string of the molecule is O=C(CCCC(=O)c1cccc([N+](=O)[O-])c1)NCCCNc1n[nH]c(=O)c2ccccc12. The van der Waals surface area contributed by atoms with Crippen LogP contribution in [0, 0.1) is 10.1 Å². The van der Waals surface area contributed by atoms with Gasteiger partial charge in [0.25, 0.3) is 11.2 Å². The molecule has 3 N–H and O–H groups in total. The Bertz CT molecular complexity index is 1190. The molecule has 0 saturated heterocycles. The minimum atomic E-state index is -0.547. The van der Waals surface area contributed by atoms with E-state index in [9.17, 15) is 24.5 Å². The van der Waals surface area contributed by atoms with Crippen LogP contribution >= 0.6 is 0 Å². The number of nitro benzene ring substituents is 1. The highest BCUT2D eigenvalue weighted by Crippen LogP contribution is 2.17. The van der Waals surface area contributed by atoms with E-state index in [0.29, 0.717) is 37.1 Å². The Morgan fingerprint density at radius 1 is 1.00 bits per heavy atom. The van der Waals surface area contributed by atoms with Crippen molar-refractivity contribution in [3.05, 3.63) is 74.6 Å². The normalized spacial score (nSPS) is 10.6. The topological polar surface area (TPSA) is 147 Å². The van der Waals surface area contributed by atoms with Crippen LogP contribution < -0.4 is 16.2 Å². The Morgan fingerprint density at radius 3 is 2.56 bits per heavy atom. The molecule has 0 aliphatic rings. The predicted molar refractivity (Wildman–Crippen MR) is 120 cm³/mol. The number of H-pyrrole nitrogens is 1. The number of benzene rings is 2. The van der Waals surface area contributed by atoms with E-state index in [0.717, 1.165) is 5.39 Å². The maximum Gasteiger partial charge on any atom is 0.272 e. The molecule has 0 bridgehead atoms. The summed E-state index contributed by atoms with van der Waals surface area (Å²) >= 11 is 0. The predicted octanol–water partition coefficient (Wildman–Crippen LogP) is 2.80. The molecule has 0 aliphatic heterocycles. The molecule has 2 aromatic carbocycles. The molecule has 10 nitrogen and oxygen atoms in total. The van der Waals surface area contributed by atoms with Crippen molar-refractivity contribution < 1.29 is 14.5 Å². The fraction of sp³-hybridized carbons (Fsp3) is 0.273. The zero-order valence-electron chi connectivity index (χ0n) is 17.3. The van der Waals surface area contributed by atoms with Crippen LogP contribution in [-0.4, -0.2) is 39.9 Å². The van der Waals surface area contributed by atoms with Crippen LogP contribution in [0.5, 0.6) is 0 Å². The van der Waals surface area contributed by atoms with E-state index >= 15 is 0 Å². The summed E-state index contributed by atoms with van der Waals surface area (Å²) < 4.78 is 0. The number of aromatic amines is 1. The Hall–Kier alpha value is -4.08. The van der Waals surface area contributed by atoms with Gasteiger partial charge in [-0.3, -0.25) is 24.5 Å². The monoisotopic (exact) mass is 437 g/mol. The molecule has 166 valence electrons. The molecule has 0 atom stereocenters. The Morgan fingerprint density at radius 2 is 1.78 bits per heavy atom. The molecular formula is C22H23N5O5. The molecule has 3 aromatic rings. The molecule has 0 fully saturated rings. The molecule has 0 spiro atoms. The van der Waals surface area contributed by atoms with Crippen molar-refractivity contribution in [2.24, 2.45) is 0 Å². The lowest BCUT2D eigenvalue weighted by Gasteiger charge is -2.09. The Balaban J connectivity index is 1.35. The fourth-order valence-corrected chi connectivity index (χ4v) is 3.21. The number of non-ortho nitro benzene ring substituents is 1. The maximum atomic E-state index is 12.2. The first-order chi connectivity index (χ1) is 15.5. The molecule has 0 radical (unpaired) electrons. The third-order valence-electron chi connectivity index (χ3n) is 4.85. The van der Waals surface area contributed by atoms with Gasteiger partial charge < -0.3 is 10.6 Å². The second-order valence-corrected chi connectivity index (χ2v) is 7.16. The molecule has 32 heavy (non-hydrogen) atoms. The van der Waals surface area contributed by atoms with E-state index in [1.807, 2.05) is 12.1 Å². The van der Waals surface area contributed by atoms with Gasteiger partial charge in [-0.1, -0.05) is 30.3 Å². The van der Waals surface area contributed by atoms with E-state index in [-0.39, 0.29) is 41.3 Å². The number of fused-ring (bicyclic) bond motifs is 1. The van der Waals surface area contributed by atoms with Crippen molar-refractivity contribution in [2.75, 3.05) is 18.4 Å². The van der Waals surface area contributed by atoms with Crippen molar-refractivity contribution >= 4 is 34.0 Å². The summed E-state index contributed by atoms with van der Waals surface area (Å²) in [6, 6.07) is 12.7.